The van der Waals surface area contributed by atoms with Crippen LogP contribution in [0.3, 0.4) is 0 Å². The predicted molar refractivity (Wildman–Crippen MR) is 130 cm³/mol. The number of hydrogen-bond donors (Lipinski definition) is 2. The molecule has 0 spiro atoms. The van der Waals surface area contributed by atoms with Gasteiger partial charge in [0, 0.05) is 17.0 Å². The molecule has 2 aromatic rings. The third-order valence-corrected chi connectivity index (χ3v) is 7.84. The van der Waals surface area contributed by atoms with Crippen molar-refractivity contribution < 1.29 is 23.8 Å². The first-order valence-corrected chi connectivity index (χ1v) is 12.2. The first kappa shape index (κ1) is 25.4. The van der Waals surface area contributed by atoms with Crippen LogP contribution in [0.25, 0.3) is 0 Å². The molecular weight excluding hydrogens is 438 g/mol. The van der Waals surface area contributed by atoms with Gasteiger partial charge in [-0.15, -0.1) is 11.8 Å². The van der Waals surface area contributed by atoms with Crippen molar-refractivity contribution in [3.8, 4) is 0 Å². The van der Waals surface area contributed by atoms with E-state index in [-0.39, 0.29) is 30.1 Å². The number of rotatable bonds is 7. The van der Waals surface area contributed by atoms with E-state index in [1.165, 1.54) is 18.0 Å². The van der Waals surface area contributed by atoms with E-state index in [4.69, 9.17) is 14.9 Å². The second-order valence-electron chi connectivity index (χ2n) is 10.3. The van der Waals surface area contributed by atoms with Gasteiger partial charge in [0.15, 0.2) is 11.0 Å². The summed E-state index contributed by atoms with van der Waals surface area (Å²) in [7, 11) is 0. The number of cyclic esters (lactones) is 1. The van der Waals surface area contributed by atoms with Crippen LogP contribution in [0.2, 0.25) is 0 Å². The molecule has 180 valence electrons. The number of anilines is 1. The number of aliphatic hydroxyl groups excluding tert-OH is 1. The maximum Gasteiger partial charge on any atom is 0.327 e. The average Bonchev–Trinajstić information content (AvgIpc) is 3.18. The van der Waals surface area contributed by atoms with Crippen molar-refractivity contribution in [2.45, 2.75) is 88.6 Å². The molecule has 1 aromatic carbocycles. The molecule has 1 aliphatic rings. The number of benzene rings is 1. The molecule has 0 radical (unpaired) electrons. The molecule has 2 atom stereocenters. The molecule has 0 bridgehead atoms. The van der Waals surface area contributed by atoms with E-state index in [1.807, 2.05) is 39.0 Å². The molecule has 7 heteroatoms. The Hall–Kier alpha value is -2.25. The van der Waals surface area contributed by atoms with Crippen LogP contribution in [0.1, 0.15) is 69.9 Å². The van der Waals surface area contributed by atoms with Crippen LogP contribution in [-0.4, -0.2) is 27.7 Å². The summed E-state index contributed by atoms with van der Waals surface area (Å²) in [5, 5.41) is 8.55. The maximum absolute atomic E-state index is 13.3. The minimum atomic E-state index is -0.900. The quantitative estimate of drug-likeness (QED) is 0.333. The minimum Gasteiger partial charge on any atom is -0.467 e. The van der Waals surface area contributed by atoms with Gasteiger partial charge >= 0.3 is 5.97 Å². The molecule has 1 fully saturated rings. The second-order valence-corrected chi connectivity index (χ2v) is 11.4. The van der Waals surface area contributed by atoms with Gasteiger partial charge in [0.05, 0.1) is 6.26 Å². The molecule has 3 N–H and O–H groups in total. The minimum absolute atomic E-state index is 0.0373. The van der Waals surface area contributed by atoms with Gasteiger partial charge in [-0.05, 0) is 66.0 Å². The van der Waals surface area contributed by atoms with Crippen molar-refractivity contribution in [3.05, 3.63) is 46.9 Å². The highest BCUT2D eigenvalue weighted by Crippen LogP contribution is 2.43. The monoisotopic (exact) mass is 473 g/mol. The zero-order valence-corrected chi connectivity index (χ0v) is 21.2. The van der Waals surface area contributed by atoms with E-state index >= 15 is 0 Å². The summed E-state index contributed by atoms with van der Waals surface area (Å²) < 4.78 is 11.3. The third kappa shape index (κ3) is 5.30. The molecule has 3 rings (SSSR count). The van der Waals surface area contributed by atoms with Crippen molar-refractivity contribution in [2.24, 2.45) is 5.92 Å². The van der Waals surface area contributed by atoms with E-state index in [0.29, 0.717) is 24.3 Å². The number of ether oxygens (including phenoxy) is 1. The molecule has 33 heavy (non-hydrogen) atoms. The number of furan rings is 1. The molecule has 2 unspecified atom stereocenters. The summed E-state index contributed by atoms with van der Waals surface area (Å²) >= 11 is 1.26. The van der Waals surface area contributed by atoms with Gasteiger partial charge in [0.2, 0.25) is 0 Å². The van der Waals surface area contributed by atoms with E-state index < -0.39 is 16.8 Å². The average molecular weight is 474 g/mol. The molecule has 1 saturated heterocycles. The van der Waals surface area contributed by atoms with Crippen LogP contribution in [0.4, 0.5) is 5.69 Å². The van der Waals surface area contributed by atoms with Gasteiger partial charge < -0.3 is 20.0 Å². The molecule has 0 aliphatic carbocycles. The Bertz CT molecular complexity index is 1020. The smallest absolute Gasteiger partial charge is 0.327 e. The van der Waals surface area contributed by atoms with Gasteiger partial charge in [0.25, 0.3) is 0 Å². The SMILES string of the molecule is Cc1cc(SC2C(=O)CC(CCc3ccoc3CO)(C(C)C)OC2=O)c(C(C)(C)C)cc1N. The lowest BCUT2D eigenvalue weighted by Gasteiger charge is -2.41. The van der Waals surface area contributed by atoms with Crippen LogP contribution < -0.4 is 5.73 Å². The number of esters is 1. The number of carbonyl (C=O) groups excluding carboxylic acids is 2. The summed E-state index contributed by atoms with van der Waals surface area (Å²) in [6.07, 6.45) is 2.74. The zero-order valence-electron chi connectivity index (χ0n) is 20.4. The topological polar surface area (TPSA) is 103 Å². The fourth-order valence-corrected chi connectivity index (χ4v) is 5.61. The van der Waals surface area contributed by atoms with E-state index in [0.717, 1.165) is 21.6 Å². The third-order valence-electron chi connectivity index (χ3n) is 6.56. The molecule has 6 nitrogen and oxygen atoms in total. The van der Waals surface area contributed by atoms with Crippen LogP contribution >= 0.6 is 11.8 Å². The first-order valence-electron chi connectivity index (χ1n) is 11.4. The molecule has 2 heterocycles. The zero-order chi connectivity index (χ0) is 24.6. The van der Waals surface area contributed by atoms with Gasteiger partial charge in [-0.1, -0.05) is 34.6 Å². The summed E-state index contributed by atoms with van der Waals surface area (Å²) in [4.78, 5) is 27.4. The van der Waals surface area contributed by atoms with Crippen molar-refractivity contribution in [1.29, 1.82) is 0 Å². The van der Waals surface area contributed by atoms with Gasteiger partial charge in [-0.2, -0.15) is 0 Å². The molecule has 1 aromatic heterocycles. The van der Waals surface area contributed by atoms with Crippen molar-refractivity contribution in [3.63, 3.8) is 0 Å². The largest absolute Gasteiger partial charge is 0.467 e. The van der Waals surface area contributed by atoms with Gasteiger partial charge in [0.1, 0.15) is 18.0 Å². The van der Waals surface area contributed by atoms with E-state index in [1.54, 1.807) is 0 Å². The van der Waals surface area contributed by atoms with Crippen LogP contribution in [0.15, 0.2) is 33.8 Å². The van der Waals surface area contributed by atoms with Crippen LogP contribution in [0, 0.1) is 12.8 Å². The lowest BCUT2D eigenvalue weighted by molar-refractivity contribution is -0.176. The highest BCUT2D eigenvalue weighted by atomic mass is 32.2. The standard InChI is InChI=1S/C26H35NO5S/c1-15(2)26(9-7-17-8-10-31-21(17)14-28)13-20(29)23(24(30)32-26)33-22-11-16(3)19(27)12-18(22)25(4,5)6/h8,10-12,15,23,28H,7,9,13-14,27H2,1-6H3. The lowest BCUT2D eigenvalue weighted by atomic mass is 9.78. The maximum atomic E-state index is 13.3. The van der Waals surface area contributed by atoms with Crippen molar-refractivity contribution in [1.82, 2.24) is 0 Å². The number of nitrogen functional groups attached to an aromatic ring is 1. The number of carbonyl (C=O) groups is 2. The van der Waals surface area contributed by atoms with Crippen LogP contribution in [0.5, 0.6) is 0 Å². The summed E-state index contributed by atoms with van der Waals surface area (Å²) in [6, 6.07) is 5.71. The summed E-state index contributed by atoms with van der Waals surface area (Å²) in [5.74, 6) is -0.142. The molecule has 0 saturated carbocycles. The fraction of sp³-hybridized carbons (Fsp3) is 0.538. The Kier molecular flexibility index (Phi) is 7.34. The number of thioether (sulfide) groups is 1. The summed E-state index contributed by atoms with van der Waals surface area (Å²) in [6.45, 7) is 11.9. The molecule has 1 aliphatic heterocycles. The number of aryl methyl sites for hydroxylation is 2. The highest BCUT2D eigenvalue weighted by molar-refractivity contribution is 8.01. The summed E-state index contributed by atoms with van der Waals surface area (Å²) in [5.41, 5.74) is 8.56. The first-order chi connectivity index (χ1) is 15.4. The molecule has 0 amide bonds. The van der Waals surface area contributed by atoms with Crippen molar-refractivity contribution in [2.75, 3.05) is 5.73 Å². The Morgan fingerprint density at radius 1 is 1.27 bits per heavy atom. The number of ketones is 1. The normalized spacial score (nSPS) is 21.5. The Morgan fingerprint density at radius 2 is 1.97 bits per heavy atom. The van der Waals surface area contributed by atoms with E-state index in [2.05, 4.69) is 20.8 Å². The fourth-order valence-electron chi connectivity index (χ4n) is 4.26. The Balaban J connectivity index is 1.84. The van der Waals surface area contributed by atoms with Crippen LogP contribution in [-0.2, 0) is 32.8 Å². The van der Waals surface area contributed by atoms with E-state index in [9.17, 15) is 14.7 Å². The van der Waals surface area contributed by atoms with Gasteiger partial charge in [-0.3, -0.25) is 9.59 Å². The number of hydrogen-bond acceptors (Lipinski definition) is 7. The number of nitrogens with two attached hydrogens (primary N) is 1. The highest BCUT2D eigenvalue weighted by Gasteiger charge is 2.49. The second kappa shape index (κ2) is 9.55. The van der Waals surface area contributed by atoms with Crippen molar-refractivity contribution >= 4 is 29.2 Å². The lowest BCUT2D eigenvalue weighted by Crippen LogP contribution is -2.52. The Labute approximate surface area is 200 Å². The molecular formula is C26H35NO5S. The van der Waals surface area contributed by atoms with Gasteiger partial charge in [-0.25, -0.2) is 0 Å². The predicted octanol–water partition coefficient (Wildman–Crippen LogP) is 4.96. The number of Topliss-reactive ketones (excluding diaryl/α,β-unsaturated/α-hetero) is 1. The number of aliphatic hydroxyl groups is 1. The Morgan fingerprint density at radius 3 is 2.55 bits per heavy atom.